The number of aromatic nitrogens is 2. The highest BCUT2D eigenvalue weighted by Crippen LogP contribution is 2.31. The molecule has 2 saturated heterocycles. The van der Waals surface area contributed by atoms with Crippen LogP contribution in [-0.2, 0) is 4.74 Å². The summed E-state index contributed by atoms with van der Waals surface area (Å²) >= 11 is 1.61. The Morgan fingerprint density at radius 3 is 2.66 bits per heavy atom. The van der Waals surface area contributed by atoms with Crippen molar-refractivity contribution >= 4 is 34.7 Å². The average Bonchev–Trinajstić information content (AvgIpc) is 3.41. The van der Waals surface area contributed by atoms with Crippen LogP contribution in [0.15, 0.2) is 60.2 Å². The molecular formula is C27H31N5O2S. The lowest BCUT2D eigenvalue weighted by molar-refractivity contribution is 0.102. The van der Waals surface area contributed by atoms with Crippen molar-refractivity contribution in [3.05, 3.63) is 76.5 Å². The van der Waals surface area contributed by atoms with Gasteiger partial charge in [0.05, 0.1) is 29.6 Å². The maximum absolute atomic E-state index is 13.0. The van der Waals surface area contributed by atoms with Crippen LogP contribution in [-0.4, -0.2) is 66.7 Å². The van der Waals surface area contributed by atoms with Crippen LogP contribution in [0.1, 0.15) is 39.8 Å². The zero-order chi connectivity index (χ0) is 23.9. The number of carbonyl (C=O) groups excluding carboxylic acids is 1. The monoisotopic (exact) mass is 489 g/mol. The third kappa shape index (κ3) is 6.14. The number of anilines is 2. The van der Waals surface area contributed by atoms with Crippen molar-refractivity contribution in [3.63, 3.8) is 0 Å². The highest BCUT2D eigenvalue weighted by atomic mass is 32.1. The van der Waals surface area contributed by atoms with Gasteiger partial charge in [0.15, 0.2) is 0 Å². The number of nitrogens with one attached hydrogen (secondary N) is 1. The minimum atomic E-state index is -0.146. The molecule has 0 bridgehead atoms. The van der Waals surface area contributed by atoms with Gasteiger partial charge < -0.3 is 15.0 Å². The summed E-state index contributed by atoms with van der Waals surface area (Å²) in [6.07, 6.45) is 10.1. The number of pyridine rings is 1. The first-order chi connectivity index (χ1) is 17.3. The predicted molar refractivity (Wildman–Crippen MR) is 141 cm³/mol. The molecule has 3 aromatic rings. The van der Waals surface area contributed by atoms with Gasteiger partial charge in [0, 0.05) is 43.3 Å². The van der Waals surface area contributed by atoms with E-state index in [1.807, 2.05) is 54.2 Å². The van der Waals surface area contributed by atoms with Gasteiger partial charge in [-0.1, -0.05) is 24.3 Å². The van der Waals surface area contributed by atoms with E-state index in [4.69, 9.17) is 9.72 Å². The SMILES string of the molecule is O=C(Nc1ccccc1N1CCOCC1)c1csc(C2CCN(C/C=C\c3ccncc3)CC2)n1. The molecule has 8 heteroatoms. The van der Waals surface area contributed by atoms with Crippen molar-refractivity contribution in [1.82, 2.24) is 14.9 Å². The van der Waals surface area contributed by atoms with Gasteiger partial charge in [-0.25, -0.2) is 4.98 Å². The zero-order valence-corrected chi connectivity index (χ0v) is 20.6. The van der Waals surface area contributed by atoms with Crippen molar-refractivity contribution < 1.29 is 9.53 Å². The number of carbonyl (C=O) groups is 1. The molecule has 0 unspecified atom stereocenters. The van der Waals surface area contributed by atoms with Crippen LogP contribution < -0.4 is 10.2 Å². The Balaban J connectivity index is 1.14. The summed E-state index contributed by atoms with van der Waals surface area (Å²) in [6, 6.07) is 12.0. The Morgan fingerprint density at radius 1 is 1.09 bits per heavy atom. The molecule has 1 aromatic carbocycles. The third-order valence-electron chi connectivity index (χ3n) is 6.58. The van der Waals surface area contributed by atoms with Gasteiger partial charge in [-0.3, -0.25) is 14.7 Å². The zero-order valence-electron chi connectivity index (χ0n) is 19.8. The van der Waals surface area contributed by atoms with Crippen LogP contribution in [0.2, 0.25) is 0 Å². The van der Waals surface area contributed by atoms with Crippen LogP contribution in [0, 0.1) is 0 Å². The summed E-state index contributed by atoms with van der Waals surface area (Å²) in [6.45, 7) is 6.09. The molecule has 0 spiro atoms. The molecular weight excluding hydrogens is 458 g/mol. The number of piperidine rings is 1. The number of benzene rings is 1. The number of nitrogens with zero attached hydrogens (tertiary/aromatic N) is 4. The molecule has 0 saturated carbocycles. The molecule has 1 amide bonds. The number of amides is 1. The van der Waals surface area contributed by atoms with E-state index in [2.05, 4.69) is 32.3 Å². The Labute approximate surface area is 210 Å². The maximum Gasteiger partial charge on any atom is 0.275 e. The van der Waals surface area contributed by atoms with E-state index >= 15 is 0 Å². The number of likely N-dealkylation sites (tertiary alicyclic amines) is 1. The number of ether oxygens (including phenoxy) is 1. The minimum absolute atomic E-state index is 0.146. The summed E-state index contributed by atoms with van der Waals surface area (Å²) < 4.78 is 5.47. The van der Waals surface area contributed by atoms with Gasteiger partial charge in [-0.15, -0.1) is 11.3 Å². The van der Waals surface area contributed by atoms with E-state index in [1.54, 1.807) is 11.3 Å². The molecule has 7 nitrogen and oxygen atoms in total. The highest BCUT2D eigenvalue weighted by molar-refractivity contribution is 7.10. The maximum atomic E-state index is 13.0. The topological polar surface area (TPSA) is 70.6 Å². The third-order valence-corrected chi connectivity index (χ3v) is 7.58. The lowest BCUT2D eigenvalue weighted by Crippen LogP contribution is -2.36. The second-order valence-corrected chi connectivity index (χ2v) is 9.79. The fourth-order valence-electron chi connectivity index (χ4n) is 4.60. The second kappa shape index (κ2) is 11.6. The van der Waals surface area contributed by atoms with E-state index in [9.17, 15) is 4.79 Å². The second-order valence-electron chi connectivity index (χ2n) is 8.90. The lowest BCUT2D eigenvalue weighted by Gasteiger charge is -2.30. The normalized spacial score (nSPS) is 17.7. The molecule has 0 radical (unpaired) electrons. The molecule has 2 fully saturated rings. The van der Waals surface area contributed by atoms with Crippen LogP contribution in [0.5, 0.6) is 0 Å². The fraction of sp³-hybridized carbons (Fsp3) is 0.370. The Kier molecular flexibility index (Phi) is 7.82. The Morgan fingerprint density at radius 2 is 1.86 bits per heavy atom. The quantitative estimate of drug-likeness (QED) is 0.526. The number of rotatable bonds is 7. The molecule has 182 valence electrons. The molecule has 5 rings (SSSR count). The summed E-state index contributed by atoms with van der Waals surface area (Å²) in [5, 5.41) is 6.05. The summed E-state index contributed by atoms with van der Waals surface area (Å²) in [4.78, 5) is 26.5. The number of hydrogen-bond donors (Lipinski definition) is 1. The number of morpholine rings is 1. The van der Waals surface area contributed by atoms with Gasteiger partial charge in [0.2, 0.25) is 0 Å². The fourth-order valence-corrected chi connectivity index (χ4v) is 5.57. The Hall–Kier alpha value is -3.07. The smallest absolute Gasteiger partial charge is 0.275 e. The van der Waals surface area contributed by atoms with Crippen LogP contribution in [0.25, 0.3) is 6.08 Å². The molecule has 2 aromatic heterocycles. The van der Waals surface area contributed by atoms with Crippen molar-refractivity contribution in [1.29, 1.82) is 0 Å². The molecule has 0 aliphatic carbocycles. The van der Waals surface area contributed by atoms with E-state index in [-0.39, 0.29) is 5.91 Å². The summed E-state index contributed by atoms with van der Waals surface area (Å²) in [5.41, 5.74) is 3.53. The standard InChI is InChI=1S/C27H31N5O2S/c33-26(29-23-5-1-2-6-25(23)32-16-18-34-19-17-32)24-20-35-27(30-24)22-9-14-31(15-10-22)13-3-4-21-7-11-28-12-8-21/h1-8,11-12,20,22H,9-10,13-19H2,(H,29,33)/b4-3-. The predicted octanol–water partition coefficient (Wildman–Crippen LogP) is 4.52. The van der Waals surface area contributed by atoms with E-state index in [0.29, 0.717) is 24.8 Å². The van der Waals surface area contributed by atoms with Crippen molar-refractivity contribution in [2.45, 2.75) is 18.8 Å². The van der Waals surface area contributed by atoms with Crippen LogP contribution in [0.3, 0.4) is 0 Å². The molecule has 35 heavy (non-hydrogen) atoms. The first kappa shape index (κ1) is 23.7. The van der Waals surface area contributed by atoms with Gasteiger partial charge in [-0.2, -0.15) is 0 Å². The summed E-state index contributed by atoms with van der Waals surface area (Å²) in [7, 11) is 0. The van der Waals surface area contributed by atoms with Gasteiger partial charge >= 0.3 is 0 Å². The van der Waals surface area contributed by atoms with Crippen molar-refractivity contribution in [2.24, 2.45) is 0 Å². The number of thiazole rings is 1. The van der Waals surface area contributed by atoms with E-state index < -0.39 is 0 Å². The van der Waals surface area contributed by atoms with Crippen LogP contribution in [0.4, 0.5) is 11.4 Å². The summed E-state index contributed by atoms with van der Waals surface area (Å²) in [5.74, 6) is 0.273. The number of hydrogen-bond acceptors (Lipinski definition) is 7. The van der Waals surface area contributed by atoms with Crippen LogP contribution >= 0.6 is 11.3 Å². The largest absolute Gasteiger partial charge is 0.378 e. The first-order valence-electron chi connectivity index (χ1n) is 12.2. The molecule has 2 aliphatic heterocycles. The van der Waals surface area contributed by atoms with E-state index in [0.717, 1.165) is 61.9 Å². The van der Waals surface area contributed by atoms with Gasteiger partial charge in [0.25, 0.3) is 5.91 Å². The highest BCUT2D eigenvalue weighted by Gasteiger charge is 2.24. The molecule has 1 N–H and O–H groups in total. The van der Waals surface area contributed by atoms with Gasteiger partial charge in [0.1, 0.15) is 5.69 Å². The Bertz CT molecular complexity index is 1140. The number of para-hydroxylation sites is 2. The van der Waals surface area contributed by atoms with Crippen molar-refractivity contribution in [2.75, 3.05) is 56.2 Å². The molecule has 2 aliphatic rings. The van der Waals surface area contributed by atoms with Gasteiger partial charge in [-0.05, 0) is 55.8 Å². The first-order valence-corrected chi connectivity index (χ1v) is 13.1. The minimum Gasteiger partial charge on any atom is -0.378 e. The molecule has 0 atom stereocenters. The van der Waals surface area contributed by atoms with Crippen molar-refractivity contribution in [3.8, 4) is 0 Å². The van der Waals surface area contributed by atoms with E-state index in [1.165, 1.54) is 5.56 Å². The molecule has 4 heterocycles. The average molecular weight is 490 g/mol. The lowest BCUT2D eigenvalue weighted by atomic mass is 9.97.